The van der Waals surface area contributed by atoms with Crippen molar-refractivity contribution < 1.29 is 24.2 Å². The van der Waals surface area contributed by atoms with Crippen LogP contribution in [0.4, 0.5) is 16.7 Å². The number of anilines is 2. The van der Waals surface area contributed by atoms with Crippen molar-refractivity contribution in [2.75, 3.05) is 38.0 Å². The van der Waals surface area contributed by atoms with Gasteiger partial charge in [-0.25, -0.2) is 9.59 Å². The maximum absolute atomic E-state index is 12.1. The minimum Gasteiger partial charge on any atom is -0.497 e. The van der Waals surface area contributed by atoms with Crippen molar-refractivity contribution in [1.82, 2.24) is 19.9 Å². The van der Waals surface area contributed by atoms with Crippen molar-refractivity contribution in [3.63, 3.8) is 0 Å². The third-order valence-corrected chi connectivity index (χ3v) is 6.12. The largest absolute Gasteiger partial charge is 0.497 e. The zero-order valence-electron chi connectivity index (χ0n) is 22.6. The van der Waals surface area contributed by atoms with Crippen LogP contribution in [0.1, 0.15) is 25.0 Å². The Hall–Kier alpha value is -4.12. The fourth-order valence-corrected chi connectivity index (χ4v) is 4.03. The summed E-state index contributed by atoms with van der Waals surface area (Å²) in [6, 6.07) is 13.4. The number of carboxylic acid groups (broad SMARTS) is 1. The summed E-state index contributed by atoms with van der Waals surface area (Å²) < 4.78 is 10.4. The van der Waals surface area contributed by atoms with Gasteiger partial charge in [0.25, 0.3) is 0 Å². The normalized spacial score (nSPS) is 12.3. The van der Waals surface area contributed by atoms with E-state index in [4.69, 9.17) is 21.1 Å². The SMILES string of the molecule is CCN(c1nc(Cl)nc(N[C@@H](Cc2ccc(OC(=O)N(C)C)cc2)C(=O)O)n1)C(C)Cc1ccc(OC)cc1. The summed E-state index contributed by atoms with van der Waals surface area (Å²) >= 11 is 6.22. The number of aliphatic carboxylic acids is 1. The Kier molecular flexibility index (Phi) is 10.3. The van der Waals surface area contributed by atoms with Gasteiger partial charge in [-0.2, -0.15) is 15.0 Å². The predicted molar refractivity (Wildman–Crippen MR) is 149 cm³/mol. The molecule has 0 bridgehead atoms. The molecule has 11 nitrogen and oxygen atoms in total. The summed E-state index contributed by atoms with van der Waals surface area (Å²) in [5.41, 5.74) is 1.83. The number of rotatable bonds is 12. The van der Waals surface area contributed by atoms with E-state index in [9.17, 15) is 14.7 Å². The van der Waals surface area contributed by atoms with Gasteiger partial charge in [0, 0.05) is 33.1 Å². The highest BCUT2D eigenvalue weighted by atomic mass is 35.5. The molecule has 1 unspecified atom stereocenters. The molecule has 1 amide bonds. The van der Waals surface area contributed by atoms with Gasteiger partial charge in [-0.3, -0.25) is 0 Å². The van der Waals surface area contributed by atoms with E-state index in [0.29, 0.717) is 23.8 Å². The van der Waals surface area contributed by atoms with Crippen molar-refractivity contribution >= 4 is 35.6 Å². The second-order valence-electron chi connectivity index (χ2n) is 9.06. The smallest absolute Gasteiger partial charge is 0.414 e. The summed E-state index contributed by atoms with van der Waals surface area (Å²) in [6.45, 7) is 4.64. The first-order valence-corrected chi connectivity index (χ1v) is 12.8. The van der Waals surface area contributed by atoms with E-state index in [1.54, 1.807) is 45.5 Å². The molecule has 1 heterocycles. The molecule has 0 aliphatic rings. The topological polar surface area (TPSA) is 130 Å². The number of aromatic nitrogens is 3. The molecule has 0 fully saturated rings. The highest BCUT2D eigenvalue weighted by Gasteiger charge is 2.23. The molecule has 1 aromatic heterocycles. The Balaban J connectivity index is 1.73. The molecular formula is C27H33ClN6O5. The van der Waals surface area contributed by atoms with Crippen molar-refractivity contribution in [3.05, 3.63) is 64.9 Å². The van der Waals surface area contributed by atoms with Crippen molar-refractivity contribution in [3.8, 4) is 11.5 Å². The molecule has 0 spiro atoms. The molecule has 208 valence electrons. The number of nitrogens with zero attached hydrogens (tertiary/aromatic N) is 5. The number of carbonyl (C=O) groups is 2. The minimum atomic E-state index is -1.09. The van der Waals surface area contributed by atoms with Crippen LogP contribution in [0.25, 0.3) is 0 Å². The molecular weight excluding hydrogens is 524 g/mol. The van der Waals surface area contributed by atoms with E-state index >= 15 is 0 Å². The van der Waals surface area contributed by atoms with Gasteiger partial charge in [0.15, 0.2) is 0 Å². The molecule has 0 saturated heterocycles. The number of halogens is 1. The number of methoxy groups -OCH3 is 1. The first kappa shape index (κ1) is 29.4. The number of likely N-dealkylation sites (N-methyl/N-ethyl adjacent to an activating group) is 1. The number of hydrogen-bond acceptors (Lipinski definition) is 9. The highest BCUT2D eigenvalue weighted by molar-refractivity contribution is 6.28. The van der Waals surface area contributed by atoms with Gasteiger partial charge in [-0.05, 0) is 67.3 Å². The Morgan fingerprint density at radius 3 is 2.10 bits per heavy atom. The van der Waals surface area contributed by atoms with Crippen molar-refractivity contribution in [2.45, 2.75) is 38.8 Å². The molecule has 3 rings (SSSR count). The molecule has 3 aromatic rings. The van der Waals surface area contributed by atoms with E-state index in [0.717, 1.165) is 17.7 Å². The van der Waals surface area contributed by atoms with Gasteiger partial charge in [0.2, 0.25) is 17.2 Å². The maximum atomic E-state index is 12.1. The van der Waals surface area contributed by atoms with Crippen LogP contribution in [0.2, 0.25) is 5.28 Å². The molecule has 2 atom stereocenters. The van der Waals surface area contributed by atoms with Gasteiger partial charge in [0.05, 0.1) is 7.11 Å². The minimum absolute atomic E-state index is 0.0186. The lowest BCUT2D eigenvalue weighted by atomic mass is 10.1. The van der Waals surface area contributed by atoms with Gasteiger partial charge >= 0.3 is 12.1 Å². The van der Waals surface area contributed by atoms with Crippen LogP contribution in [-0.4, -0.2) is 76.9 Å². The number of carboxylic acids is 1. The fourth-order valence-electron chi connectivity index (χ4n) is 3.87. The quantitative estimate of drug-likeness (QED) is 0.335. The number of ether oxygens (including phenoxy) is 2. The van der Waals surface area contributed by atoms with Crippen molar-refractivity contribution in [1.29, 1.82) is 0 Å². The van der Waals surface area contributed by atoms with Gasteiger partial charge in [0.1, 0.15) is 17.5 Å². The average Bonchev–Trinajstić information content (AvgIpc) is 2.89. The molecule has 0 saturated carbocycles. The number of amides is 1. The molecule has 0 aliphatic carbocycles. The molecule has 0 radical (unpaired) electrons. The summed E-state index contributed by atoms with van der Waals surface area (Å²) in [4.78, 5) is 40.0. The Morgan fingerprint density at radius 1 is 0.974 bits per heavy atom. The fraction of sp³-hybridized carbons (Fsp3) is 0.370. The van der Waals surface area contributed by atoms with Crippen LogP contribution in [0.5, 0.6) is 11.5 Å². The highest BCUT2D eigenvalue weighted by Crippen LogP contribution is 2.21. The molecule has 2 N–H and O–H groups in total. The van der Waals surface area contributed by atoms with Crippen LogP contribution < -0.4 is 19.7 Å². The van der Waals surface area contributed by atoms with Crippen LogP contribution in [0, 0.1) is 0 Å². The van der Waals surface area contributed by atoms with Gasteiger partial charge in [-0.1, -0.05) is 24.3 Å². The van der Waals surface area contributed by atoms with E-state index in [1.165, 1.54) is 4.90 Å². The second-order valence-corrected chi connectivity index (χ2v) is 9.40. The first-order chi connectivity index (χ1) is 18.6. The summed E-state index contributed by atoms with van der Waals surface area (Å²) in [7, 11) is 4.79. The maximum Gasteiger partial charge on any atom is 0.414 e. The molecule has 39 heavy (non-hydrogen) atoms. The summed E-state index contributed by atoms with van der Waals surface area (Å²) in [6.07, 6.45) is 0.345. The third kappa shape index (κ3) is 8.44. The Labute approximate surface area is 232 Å². The van der Waals surface area contributed by atoms with Crippen molar-refractivity contribution in [2.24, 2.45) is 0 Å². The zero-order chi connectivity index (χ0) is 28.5. The lowest BCUT2D eigenvalue weighted by Crippen LogP contribution is -2.37. The van der Waals surface area contributed by atoms with E-state index in [1.807, 2.05) is 36.1 Å². The summed E-state index contributed by atoms with van der Waals surface area (Å²) in [5, 5.41) is 12.7. The van der Waals surface area contributed by atoms with E-state index in [-0.39, 0.29) is 23.7 Å². The van der Waals surface area contributed by atoms with Crippen LogP contribution in [-0.2, 0) is 17.6 Å². The van der Waals surface area contributed by atoms with Crippen LogP contribution in [0.15, 0.2) is 48.5 Å². The van der Waals surface area contributed by atoms with Gasteiger partial charge in [-0.15, -0.1) is 0 Å². The number of carbonyl (C=O) groups excluding carboxylic acids is 1. The van der Waals surface area contributed by atoms with Gasteiger partial charge < -0.3 is 29.7 Å². The first-order valence-electron chi connectivity index (χ1n) is 12.4. The second kappa shape index (κ2) is 13.6. The van der Waals surface area contributed by atoms with Crippen LogP contribution >= 0.6 is 11.6 Å². The molecule has 2 aromatic carbocycles. The number of benzene rings is 2. The van der Waals surface area contributed by atoms with Crippen LogP contribution in [0.3, 0.4) is 0 Å². The number of nitrogens with one attached hydrogen (secondary N) is 1. The zero-order valence-corrected chi connectivity index (χ0v) is 23.3. The third-order valence-electron chi connectivity index (χ3n) is 5.95. The monoisotopic (exact) mass is 556 g/mol. The molecule has 0 aliphatic heterocycles. The average molecular weight is 557 g/mol. The summed E-state index contributed by atoms with van der Waals surface area (Å²) in [5.74, 6) is 0.461. The Morgan fingerprint density at radius 2 is 1.56 bits per heavy atom. The van der Waals surface area contributed by atoms with E-state index in [2.05, 4.69) is 27.2 Å². The lowest BCUT2D eigenvalue weighted by molar-refractivity contribution is -0.137. The predicted octanol–water partition coefficient (Wildman–Crippen LogP) is 4.16. The number of hydrogen-bond donors (Lipinski definition) is 2. The lowest BCUT2D eigenvalue weighted by Gasteiger charge is -2.28. The Bertz CT molecular complexity index is 1260. The van der Waals surface area contributed by atoms with E-state index < -0.39 is 18.1 Å². The standard InChI is InChI=1S/C27H33ClN6O5/c1-6-34(17(2)15-18-7-11-20(38-5)12-8-18)26-31-24(28)30-25(32-26)29-22(23(35)36)16-19-9-13-21(14-10-19)39-27(37)33(3)4/h7-14,17,22H,6,15-16H2,1-5H3,(H,35,36)(H,29,30,31,32)/t17?,22-/m0/s1. The molecule has 12 heteroatoms.